The molecule has 0 heterocycles. The van der Waals surface area contributed by atoms with Crippen LogP contribution in [0.3, 0.4) is 0 Å². The zero-order chi connectivity index (χ0) is 29.6. The number of thioether (sulfide) groups is 1. The van der Waals surface area contributed by atoms with E-state index in [2.05, 4.69) is 72.4 Å². The van der Waals surface area contributed by atoms with E-state index in [1.54, 1.807) is 11.8 Å². The number of carbonyl (C=O) groups excluding carboxylic acids is 2. The smallest absolute Gasteiger partial charge is 0.356 e. The summed E-state index contributed by atoms with van der Waals surface area (Å²) in [6, 6.07) is 10.1. The van der Waals surface area contributed by atoms with Crippen molar-refractivity contribution >= 4 is 40.0 Å². The Kier molecular flexibility index (Phi) is 19.9. The summed E-state index contributed by atoms with van der Waals surface area (Å²) in [5.74, 6) is 0.306. The minimum Gasteiger partial charge on any atom is -0.356 e. The van der Waals surface area contributed by atoms with Gasteiger partial charge >= 0.3 is 16.8 Å². The number of carbonyl (C=O) groups is 2. The van der Waals surface area contributed by atoms with Crippen molar-refractivity contribution in [1.82, 2.24) is 10.6 Å². The van der Waals surface area contributed by atoms with E-state index in [4.69, 9.17) is 12.2 Å². The molecule has 4 nitrogen and oxygen atoms in total. The van der Waals surface area contributed by atoms with Crippen LogP contribution in [0.1, 0.15) is 101 Å². The van der Waals surface area contributed by atoms with Gasteiger partial charge in [-0.25, -0.2) is 0 Å². The molecular formula is C32H54CoN2O2S2. The zero-order valence-corrected chi connectivity index (χ0v) is 28.9. The molecule has 1 radical (unpaired) electrons. The average molecular weight is 622 g/mol. The number of benzene rings is 1. The van der Waals surface area contributed by atoms with Gasteiger partial charge in [0.1, 0.15) is 0 Å². The van der Waals surface area contributed by atoms with E-state index in [9.17, 15) is 9.59 Å². The minimum absolute atomic E-state index is 0. The van der Waals surface area contributed by atoms with Gasteiger partial charge in [0, 0.05) is 29.7 Å². The Balaban J connectivity index is 0. The summed E-state index contributed by atoms with van der Waals surface area (Å²) >= 11 is 7.45. The predicted octanol–water partition coefficient (Wildman–Crippen LogP) is 8.05. The summed E-state index contributed by atoms with van der Waals surface area (Å²) < 4.78 is 0.598. The topological polar surface area (TPSA) is 58.2 Å². The monoisotopic (exact) mass is 621 g/mol. The summed E-state index contributed by atoms with van der Waals surface area (Å²) in [6.45, 7) is 24.1. The Morgan fingerprint density at radius 2 is 1.49 bits per heavy atom. The third-order valence-corrected chi connectivity index (χ3v) is 8.85. The number of hydrogen-bond acceptors (Lipinski definition) is 4. The van der Waals surface area contributed by atoms with Crippen molar-refractivity contribution in [1.29, 1.82) is 0 Å². The van der Waals surface area contributed by atoms with Crippen LogP contribution in [0, 0.1) is 35.5 Å². The molecule has 0 aliphatic heterocycles. The molecule has 0 spiro atoms. The first-order valence-electron chi connectivity index (χ1n) is 14.0. The summed E-state index contributed by atoms with van der Waals surface area (Å²) in [5, 5.41) is 6.15. The fourth-order valence-electron chi connectivity index (χ4n) is 4.63. The third kappa shape index (κ3) is 14.0. The van der Waals surface area contributed by atoms with Gasteiger partial charge < -0.3 is 23.5 Å². The molecule has 3 atom stereocenters. The Labute approximate surface area is 260 Å². The number of hydrogen-bond donors (Lipinski definition) is 2. The second kappa shape index (κ2) is 19.3. The Morgan fingerprint density at radius 1 is 0.974 bits per heavy atom. The van der Waals surface area contributed by atoms with Crippen LogP contribution >= 0.6 is 24.0 Å². The van der Waals surface area contributed by atoms with Gasteiger partial charge in [0.25, 0.3) is 0 Å². The number of thiocarbonyl (C=S) groups is 1. The van der Waals surface area contributed by atoms with Gasteiger partial charge in [-0.1, -0.05) is 104 Å². The maximum absolute atomic E-state index is 13.7. The van der Waals surface area contributed by atoms with Crippen LogP contribution in [0.2, 0.25) is 0 Å². The Bertz CT molecular complexity index is 851. The van der Waals surface area contributed by atoms with Crippen molar-refractivity contribution < 1.29 is 26.4 Å². The molecule has 3 unspecified atom stereocenters. The van der Waals surface area contributed by atoms with Crippen LogP contribution < -0.4 is 10.6 Å². The molecule has 0 saturated heterocycles. The molecule has 0 aromatic heterocycles. The first-order valence-corrected chi connectivity index (χ1v) is 15.2. The zero-order valence-electron chi connectivity index (χ0n) is 26.2. The Hall–Kier alpha value is -0.894. The van der Waals surface area contributed by atoms with Crippen LogP contribution in [0.25, 0.3) is 0 Å². The van der Waals surface area contributed by atoms with Crippen molar-refractivity contribution in [2.45, 2.75) is 100 Å². The van der Waals surface area contributed by atoms with Crippen LogP contribution in [0.5, 0.6) is 0 Å². The molecule has 0 aliphatic carbocycles. The van der Waals surface area contributed by atoms with E-state index in [-0.39, 0.29) is 50.6 Å². The maximum atomic E-state index is 13.7. The van der Waals surface area contributed by atoms with Gasteiger partial charge in [-0.2, -0.15) is 26.7 Å². The first-order chi connectivity index (χ1) is 17.6. The molecule has 0 aliphatic rings. The van der Waals surface area contributed by atoms with E-state index < -0.39 is 5.41 Å². The second-order valence-electron chi connectivity index (χ2n) is 12.0. The van der Waals surface area contributed by atoms with Crippen molar-refractivity contribution in [2.24, 2.45) is 22.7 Å². The normalized spacial score (nSPS) is 14.4. The molecule has 2 amide bonds. The molecule has 0 saturated carbocycles. The van der Waals surface area contributed by atoms with Crippen molar-refractivity contribution in [2.75, 3.05) is 13.1 Å². The van der Waals surface area contributed by atoms with Crippen LogP contribution in [0.4, 0.5) is 0 Å². The summed E-state index contributed by atoms with van der Waals surface area (Å²) in [7, 11) is 0. The Morgan fingerprint density at radius 3 is 1.95 bits per heavy atom. The minimum atomic E-state index is -0.595. The predicted molar refractivity (Wildman–Crippen MR) is 171 cm³/mol. The molecule has 2 N–H and O–H groups in total. The van der Waals surface area contributed by atoms with Gasteiger partial charge in [-0.3, -0.25) is 9.59 Å². The van der Waals surface area contributed by atoms with Gasteiger partial charge in [0.15, 0.2) is 0 Å². The van der Waals surface area contributed by atoms with E-state index >= 15 is 0 Å². The largest absolute Gasteiger partial charge is 2.00 e. The molecule has 225 valence electrons. The van der Waals surface area contributed by atoms with Crippen molar-refractivity contribution in [3.05, 3.63) is 48.7 Å². The molecule has 39 heavy (non-hydrogen) atoms. The summed E-state index contributed by atoms with van der Waals surface area (Å²) in [5.41, 5.74) is 0.416. The van der Waals surface area contributed by atoms with Crippen molar-refractivity contribution in [3.8, 4) is 0 Å². The third-order valence-electron chi connectivity index (χ3n) is 7.06. The van der Waals surface area contributed by atoms with E-state index in [1.807, 2.05) is 57.5 Å². The number of amides is 2. The summed E-state index contributed by atoms with van der Waals surface area (Å²) in [4.78, 5) is 25.7. The maximum Gasteiger partial charge on any atom is 2.00 e. The van der Waals surface area contributed by atoms with E-state index in [1.165, 1.54) is 0 Å². The van der Waals surface area contributed by atoms with Gasteiger partial charge in [-0.15, -0.1) is 11.8 Å². The first kappa shape index (κ1) is 40.2. The molecule has 1 aromatic rings. The van der Waals surface area contributed by atoms with Gasteiger partial charge in [0.05, 0.1) is 4.20 Å². The van der Waals surface area contributed by atoms with Crippen LogP contribution in [-0.4, -0.2) is 33.8 Å². The van der Waals surface area contributed by atoms with Crippen LogP contribution in [-0.2, 0) is 26.4 Å². The van der Waals surface area contributed by atoms with E-state index in [0.717, 1.165) is 16.2 Å². The standard InChI is InChI=1S/C29H47N2O2S2.C3H7.Co/c1-10-23(11-2)29(9,26(33)31-19-15-18-30-24(32)20-27(4,5)6)21(3)28(7,8)35-25(34)22-16-13-12-14-17-22;1-3-2;/h10,12-14,16-17,21,23H,11,15,18-20H2,1-9H3,(H,30,32)(H,31,33);3H,1-2H3;/q2*-1;+2. The van der Waals surface area contributed by atoms with Gasteiger partial charge in [-0.05, 0) is 23.3 Å². The van der Waals surface area contributed by atoms with Crippen molar-refractivity contribution in [3.63, 3.8) is 0 Å². The molecule has 0 bridgehead atoms. The molecule has 7 heteroatoms. The molecular weight excluding hydrogens is 567 g/mol. The SMILES string of the molecule is C[CH-]C.C[CH-]C(CC)C(C)(C(=O)NCCCNC(=O)CC(C)(C)C)C(C)C(C)(C)SC(=S)c1ccccc1.[Co+2]. The number of rotatable bonds is 13. The fraction of sp³-hybridized carbons (Fsp3) is 0.656. The quantitative estimate of drug-likeness (QED) is 0.133. The van der Waals surface area contributed by atoms with Gasteiger partial charge in [0.2, 0.25) is 11.8 Å². The molecule has 0 fully saturated rings. The van der Waals surface area contributed by atoms with Crippen LogP contribution in [0.15, 0.2) is 30.3 Å². The number of nitrogens with one attached hydrogen (secondary N) is 2. The average Bonchev–Trinajstić information content (AvgIpc) is 2.83. The molecule has 1 aromatic carbocycles. The summed E-state index contributed by atoms with van der Waals surface area (Å²) in [6.07, 6.45) is 6.25. The molecule has 1 rings (SSSR count). The van der Waals surface area contributed by atoms with E-state index in [0.29, 0.717) is 25.9 Å². The second-order valence-corrected chi connectivity index (χ2v) is 14.3. The fourth-order valence-corrected chi connectivity index (χ4v) is 6.56.